The van der Waals surface area contributed by atoms with Gasteiger partial charge >= 0.3 is 18.7 Å². The molecule has 172 valence electrons. The number of ether oxygens (including phenoxy) is 1. The highest BCUT2D eigenvalue weighted by Gasteiger charge is 2.45. The Morgan fingerprint density at radius 3 is 2.03 bits per heavy atom. The molecule has 0 atom stereocenters. The minimum atomic E-state index is -5.36. The molecular weight excluding hydrogens is 457 g/mol. The van der Waals surface area contributed by atoms with Gasteiger partial charge in [0.15, 0.2) is 0 Å². The summed E-state index contributed by atoms with van der Waals surface area (Å²) >= 11 is 0. The predicted molar refractivity (Wildman–Crippen MR) is 97.4 cm³/mol. The Bertz CT molecular complexity index is 1140. The normalized spacial score (nSPS) is 12.8. The van der Waals surface area contributed by atoms with Crippen LogP contribution in [0.25, 0.3) is 17.1 Å². The molecule has 0 spiro atoms. The first-order valence-electron chi connectivity index (χ1n) is 8.55. The average molecular weight is 469 g/mol. The third-order valence-electron chi connectivity index (χ3n) is 4.37. The molecule has 0 unspecified atom stereocenters. The summed E-state index contributed by atoms with van der Waals surface area (Å²) in [6.45, 7) is 3.33. The summed E-state index contributed by atoms with van der Waals surface area (Å²) in [5.41, 5.74) is -5.26. The number of fused-ring (bicyclic) bond motifs is 1. The van der Waals surface area contributed by atoms with E-state index in [1.54, 1.807) is 0 Å². The minimum absolute atomic E-state index is 0.170. The summed E-state index contributed by atoms with van der Waals surface area (Å²) in [6.07, 6.45) is -14.6. The number of rotatable bonds is 4. The van der Waals surface area contributed by atoms with Crippen LogP contribution in [0, 0.1) is 0 Å². The molecule has 3 aromatic rings. The SMILES string of the molecule is C=Cc1cc(C(F)(F)F)c(C(F)(F)F)c2[nH]c(N(C)c3ccc(OC(F)(F)F)cc3)nc12. The molecule has 0 saturated heterocycles. The average Bonchev–Trinajstić information content (AvgIpc) is 3.08. The maximum Gasteiger partial charge on any atom is 0.573 e. The van der Waals surface area contributed by atoms with Crippen molar-refractivity contribution in [2.75, 3.05) is 11.9 Å². The molecule has 0 aliphatic heterocycles. The minimum Gasteiger partial charge on any atom is -0.406 e. The van der Waals surface area contributed by atoms with Crippen molar-refractivity contribution in [2.45, 2.75) is 18.7 Å². The van der Waals surface area contributed by atoms with E-state index in [9.17, 15) is 39.5 Å². The van der Waals surface area contributed by atoms with Gasteiger partial charge in [-0.15, -0.1) is 13.2 Å². The summed E-state index contributed by atoms with van der Waals surface area (Å²) in [7, 11) is 1.31. The number of nitrogens with one attached hydrogen (secondary N) is 1. The zero-order valence-corrected chi connectivity index (χ0v) is 15.9. The number of aromatic nitrogens is 2. The second kappa shape index (κ2) is 7.64. The topological polar surface area (TPSA) is 41.2 Å². The third-order valence-corrected chi connectivity index (χ3v) is 4.37. The number of alkyl halides is 9. The molecular formula is C19H12F9N3O. The monoisotopic (exact) mass is 469 g/mol. The first kappa shape index (κ1) is 23.3. The van der Waals surface area contributed by atoms with Crippen LogP contribution in [-0.2, 0) is 12.4 Å². The Balaban J connectivity index is 2.14. The Morgan fingerprint density at radius 2 is 1.56 bits per heavy atom. The number of imidazole rings is 1. The molecule has 0 saturated carbocycles. The number of nitrogens with zero attached hydrogens (tertiary/aromatic N) is 2. The van der Waals surface area contributed by atoms with Gasteiger partial charge in [-0.1, -0.05) is 12.7 Å². The molecule has 32 heavy (non-hydrogen) atoms. The number of anilines is 2. The molecule has 1 N–H and O–H groups in total. The fraction of sp³-hybridized carbons (Fsp3) is 0.211. The first-order chi connectivity index (χ1) is 14.6. The second-order valence-electron chi connectivity index (χ2n) is 6.47. The number of hydrogen-bond donors (Lipinski definition) is 1. The van der Waals surface area contributed by atoms with Gasteiger partial charge in [-0.25, -0.2) is 4.98 Å². The van der Waals surface area contributed by atoms with Crippen LogP contribution in [0.15, 0.2) is 36.9 Å². The maximum atomic E-state index is 13.6. The summed E-state index contributed by atoms with van der Waals surface area (Å²) in [6, 6.07) is 4.55. The smallest absolute Gasteiger partial charge is 0.406 e. The number of hydrogen-bond acceptors (Lipinski definition) is 3. The molecule has 1 aromatic heterocycles. The van der Waals surface area contributed by atoms with Crippen LogP contribution in [0.3, 0.4) is 0 Å². The van der Waals surface area contributed by atoms with E-state index in [2.05, 4.69) is 21.3 Å². The van der Waals surface area contributed by atoms with E-state index in [0.717, 1.165) is 35.2 Å². The molecule has 3 rings (SSSR count). The highest BCUT2D eigenvalue weighted by Crippen LogP contribution is 2.45. The number of halogens is 9. The van der Waals surface area contributed by atoms with Gasteiger partial charge in [0.25, 0.3) is 0 Å². The molecule has 0 amide bonds. The van der Waals surface area contributed by atoms with Crippen molar-refractivity contribution in [3.05, 3.63) is 53.6 Å². The quantitative estimate of drug-likeness (QED) is 0.422. The molecule has 13 heteroatoms. The number of H-pyrrole nitrogens is 1. The standard InChI is InChI=1S/C19H12F9N3O/c1-3-9-8-12(17(20,21)22)13(18(23,24)25)15-14(9)29-16(30-15)31(2)10-4-6-11(7-5-10)32-19(26,27)28/h3-8H,1H2,2H3,(H,29,30). The molecule has 4 nitrogen and oxygen atoms in total. The lowest BCUT2D eigenvalue weighted by atomic mass is 10.00. The molecule has 1 heterocycles. The van der Waals surface area contributed by atoms with Gasteiger partial charge in [0, 0.05) is 18.3 Å². The van der Waals surface area contributed by atoms with Gasteiger partial charge in [0.1, 0.15) is 5.75 Å². The number of benzene rings is 2. The van der Waals surface area contributed by atoms with Crippen molar-refractivity contribution in [3.8, 4) is 5.75 Å². The summed E-state index contributed by atoms with van der Waals surface area (Å²) in [5.74, 6) is -0.820. The van der Waals surface area contributed by atoms with Gasteiger partial charge in [-0.05, 0) is 30.3 Å². The van der Waals surface area contributed by atoms with Crippen LogP contribution < -0.4 is 9.64 Å². The Kier molecular flexibility index (Phi) is 5.56. The van der Waals surface area contributed by atoms with Gasteiger partial charge in [0.2, 0.25) is 5.95 Å². The summed E-state index contributed by atoms with van der Waals surface area (Å²) in [4.78, 5) is 7.35. The van der Waals surface area contributed by atoms with E-state index < -0.39 is 46.6 Å². The lowest BCUT2D eigenvalue weighted by molar-refractivity contribution is -0.274. The largest absolute Gasteiger partial charge is 0.573 e. The first-order valence-corrected chi connectivity index (χ1v) is 8.55. The van der Waals surface area contributed by atoms with Crippen molar-refractivity contribution >= 4 is 28.7 Å². The zero-order valence-electron chi connectivity index (χ0n) is 15.9. The van der Waals surface area contributed by atoms with Gasteiger partial charge in [0.05, 0.1) is 22.2 Å². The highest BCUT2D eigenvalue weighted by molar-refractivity contribution is 5.91. The molecule has 0 bridgehead atoms. The van der Waals surface area contributed by atoms with Gasteiger partial charge in [-0.3, -0.25) is 0 Å². The van der Waals surface area contributed by atoms with E-state index in [4.69, 9.17) is 0 Å². The molecule has 2 aromatic carbocycles. The van der Waals surface area contributed by atoms with E-state index in [1.165, 1.54) is 7.05 Å². The zero-order chi connectivity index (χ0) is 24.1. The summed E-state index contributed by atoms with van der Waals surface area (Å²) in [5, 5.41) is 0. The second-order valence-corrected chi connectivity index (χ2v) is 6.47. The molecule has 0 radical (unpaired) electrons. The van der Waals surface area contributed by atoms with Gasteiger partial charge < -0.3 is 14.6 Å². The van der Waals surface area contributed by atoms with Crippen molar-refractivity contribution < 1.29 is 44.3 Å². The fourth-order valence-electron chi connectivity index (χ4n) is 3.01. The van der Waals surface area contributed by atoms with Crippen LogP contribution in [0.4, 0.5) is 51.1 Å². The van der Waals surface area contributed by atoms with Crippen molar-refractivity contribution in [3.63, 3.8) is 0 Å². The molecule has 0 aliphatic rings. The Morgan fingerprint density at radius 1 is 0.969 bits per heavy atom. The maximum absolute atomic E-state index is 13.6. The molecule has 0 aliphatic carbocycles. The molecule has 0 fully saturated rings. The summed E-state index contributed by atoms with van der Waals surface area (Å²) < 4.78 is 121. The van der Waals surface area contributed by atoms with E-state index in [-0.39, 0.29) is 17.2 Å². The Hall–Kier alpha value is -3.38. The number of aromatic amines is 1. The van der Waals surface area contributed by atoms with E-state index >= 15 is 0 Å². The van der Waals surface area contributed by atoms with E-state index in [0.29, 0.717) is 6.07 Å². The fourth-order valence-corrected chi connectivity index (χ4v) is 3.01. The van der Waals surface area contributed by atoms with Crippen LogP contribution in [0.2, 0.25) is 0 Å². The van der Waals surface area contributed by atoms with Gasteiger partial charge in [-0.2, -0.15) is 26.3 Å². The van der Waals surface area contributed by atoms with Crippen molar-refractivity contribution in [1.29, 1.82) is 0 Å². The third kappa shape index (κ3) is 4.60. The van der Waals surface area contributed by atoms with Crippen LogP contribution in [-0.4, -0.2) is 23.4 Å². The lowest BCUT2D eigenvalue weighted by Crippen LogP contribution is -2.17. The lowest BCUT2D eigenvalue weighted by Gasteiger charge is -2.17. The van der Waals surface area contributed by atoms with Crippen LogP contribution in [0.5, 0.6) is 5.75 Å². The predicted octanol–water partition coefficient (Wildman–Crippen LogP) is 6.91. The van der Waals surface area contributed by atoms with Crippen molar-refractivity contribution in [2.24, 2.45) is 0 Å². The van der Waals surface area contributed by atoms with Crippen LogP contribution >= 0.6 is 0 Å². The van der Waals surface area contributed by atoms with Crippen molar-refractivity contribution in [1.82, 2.24) is 9.97 Å². The highest BCUT2D eigenvalue weighted by atomic mass is 19.4. The van der Waals surface area contributed by atoms with E-state index in [1.807, 2.05) is 0 Å². The van der Waals surface area contributed by atoms with Crippen LogP contribution in [0.1, 0.15) is 16.7 Å². The Labute approximate surface area is 173 Å².